The molecule has 5 rings (SSSR count). The van der Waals surface area contributed by atoms with E-state index in [9.17, 15) is 26.4 Å². The van der Waals surface area contributed by atoms with Gasteiger partial charge in [-0.1, -0.05) is 6.07 Å². The molecule has 10 nitrogen and oxygen atoms in total. The van der Waals surface area contributed by atoms with E-state index in [1.165, 1.54) is 16.8 Å². The zero-order valence-electron chi connectivity index (χ0n) is 24.3. The van der Waals surface area contributed by atoms with Gasteiger partial charge in [-0.3, -0.25) is 14.1 Å². The first-order chi connectivity index (χ1) is 20.1. The number of anilines is 2. The van der Waals surface area contributed by atoms with Crippen LogP contribution in [0, 0.1) is 11.7 Å². The van der Waals surface area contributed by atoms with Gasteiger partial charge in [-0.25, -0.2) is 35.9 Å². The van der Waals surface area contributed by atoms with Gasteiger partial charge in [-0.15, -0.1) is 0 Å². The molecule has 2 heterocycles. The van der Waals surface area contributed by atoms with Crippen LogP contribution in [0.25, 0.3) is 22.4 Å². The van der Waals surface area contributed by atoms with E-state index in [4.69, 9.17) is 0 Å². The van der Waals surface area contributed by atoms with E-state index >= 15 is 4.39 Å². The van der Waals surface area contributed by atoms with Crippen molar-refractivity contribution in [3.63, 3.8) is 0 Å². The molecule has 0 spiro atoms. The number of hydrogen-bond donors (Lipinski definition) is 2. The minimum atomic E-state index is -4.07. The Morgan fingerprint density at radius 1 is 1.16 bits per heavy atom. The fourth-order valence-electron chi connectivity index (χ4n) is 5.90. The molecule has 0 amide bonds. The minimum absolute atomic E-state index is 0.0854. The van der Waals surface area contributed by atoms with E-state index in [0.717, 1.165) is 18.6 Å². The molecular formula is C28H35F4N7O3S. The molecule has 0 radical (unpaired) electrons. The lowest BCUT2D eigenvalue weighted by molar-refractivity contribution is -0.103. The summed E-state index contributed by atoms with van der Waals surface area (Å²) in [6.45, 7) is 3.57. The van der Waals surface area contributed by atoms with E-state index in [-0.39, 0.29) is 52.2 Å². The Balaban J connectivity index is 1.39. The van der Waals surface area contributed by atoms with Crippen LogP contribution in [0.4, 0.5) is 29.2 Å². The normalized spacial score (nSPS) is 22.6. The van der Waals surface area contributed by atoms with Crippen molar-refractivity contribution < 1.29 is 26.0 Å². The Bertz CT molecular complexity index is 1670. The Morgan fingerprint density at radius 2 is 1.88 bits per heavy atom. The Kier molecular flexibility index (Phi) is 8.42. The van der Waals surface area contributed by atoms with Crippen LogP contribution in [0.2, 0.25) is 0 Å². The van der Waals surface area contributed by atoms with Crippen molar-refractivity contribution in [3.8, 4) is 11.3 Å². The van der Waals surface area contributed by atoms with Gasteiger partial charge in [-0.2, -0.15) is 4.98 Å². The van der Waals surface area contributed by atoms with Gasteiger partial charge in [0.1, 0.15) is 23.2 Å². The van der Waals surface area contributed by atoms with Crippen molar-refractivity contribution in [2.45, 2.75) is 76.2 Å². The lowest BCUT2D eigenvalue weighted by Gasteiger charge is -2.35. The zero-order chi connectivity index (χ0) is 31.3. The molecule has 0 bridgehead atoms. The van der Waals surface area contributed by atoms with Crippen molar-refractivity contribution in [1.29, 1.82) is 0 Å². The average Bonchev–Trinajstić information content (AvgIpc) is 2.87. The van der Waals surface area contributed by atoms with E-state index in [1.54, 1.807) is 13.8 Å². The number of aromatic nitrogens is 4. The summed E-state index contributed by atoms with van der Waals surface area (Å²) < 4.78 is 84.3. The number of fused-ring (bicyclic) bond motifs is 1. The van der Waals surface area contributed by atoms with E-state index in [2.05, 4.69) is 25.0 Å². The van der Waals surface area contributed by atoms with Gasteiger partial charge in [-0.05, 0) is 58.8 Å². The van der Waals surface area contributed by atoms with E-state index < -0.39 is 58.0 Å². The summed E-state index contributed by atoms with van der Waals surface area (Å²) in [5, 5.41) is 3.18. The summed E-state index contributed by atoms with van der Waals surface area (Å²) in [5.74, 6) is -4.83. The second-order valence-electron chi connectivity index (χ2n) is 12.0. The first-order valence-electron chi connectivity index (χ1n) is 14.2. The molecule has 43 heavy (non-hydrogen) atoms. The summed E-state index contributed by atoms with van der Waals surface area (Å²) in [4.78, 5) is 28.7. The molecule has 234 valence electrons. The smallest absolute Gasteiger partial charge is 0.278 e. The topological polar surface area (TPSA) is 122 Å². The van der Waals surface area contributed by atoms with Gasteiger partial charge in [0, 0.05) is 43.0 Å². The van der Waals surface area contributed by atoms with Gasteiger partial charge < -0.3 is 10.2 Å². The lowest BCUT2D eigenvalue weighted by atomic mass is 9.83. The largest absolute Gasteiger partial charge is 0.351 e. The second kappa shape index (κ2) is 11.6. The molecule has 3 atom stereocenters. The molecular weight excluding hydrogens is 590 g/mol. The van der Waals surface area contributed by atoms with Crippen molar-refractivity contribution in [3.05, 3.63) is 40.6 Å². The summed E-state index contributed by atoms with van der Waals surface area (Å²) in [6, 6.07) is 2.82. The van der Waals surface area contributed by atoms with Crippen LogP contribution >= 0.6 is 0 Å². The fourth-order valence-corrected chi connectivity index (χ4v) is 7.34. The number of alkyl halides is 3. The number of benzene rings is 1. The number of sulfonamides is 1. The second-order valence-corrected chi connectivity index (χ2v) is 13.8. The molecule has 15 heteroatoms. The number of hydrogen-bond acceptors (Lipinski definition) is 8. The van der Waals surface area contributed by atoms with Crippen molar-refractivity contribution in [2.24, 2.45) is 5.92 Å². The SMILES string of the molecule is CC(C)n1c(=O)c(-c2ccc(NS(=O)(=O)CC3CC(F)(F)C3)c(F)c2)nc2cnc(NC3CCC(N(C)C)C(F)C3)nc21. The maximum absolute atomic E-state index is 15.1. The highest BCUT2D eigenvalue weighted by Gasteiger charge is 2.46. The fraction of sp³-hybridized carbons (Fsp3) is 0.571. The average molecular weight is 626 g/mol. The molecule has 1 aromatic carbocycles. The third-order valence-electron chi connectivity index (χ3n) is 8.02. The van der Waals surface area contributed by atoms with Crippen LogP contribution < -0.4 is 15.6 Å². The summed E-state index contributed by atoms with van der Waals surface area (Å²) >= 11 is 0. The zero-order valence-corrected chi connectivity index (χ0v) is 25.1. The summed E-state index contributed by atoms with van der Waals surface area (Å²) in [6.07, 6.45) is 1.09. The van der Waals surface area contributed by atoms with Crippen LogP contribution in [0.5, 0.6) is 0 Å². The first-order valence-corrected chi connectivity index (χ1v) is 15.8. The van der Waals surface area contributed by atoms with Crippen LogP contribution in [0.15, 0.2) is 29.2 Å². The van der Waals surface area contributed by atoms with Crippen LogP contribution in [-0.2, 0) is 10.0 Å². The van der Waals surface area contributed by atoms with Crippen LogP contribution in [0.3, 0.4) is 0 Å². The van der Waals surface area contributed by atoms with Gasteiger partial charge >= 0.3 is 0 Å². The minimum Gasteiger partial charge on any atom is -0.351 e. The molecule has 0 aliphatic heterocycles. The predicted octanol–water partition coefficient (Wildman–Crippen LogP) is 4.59. The van der Waals surface area contributed by atoms with Crippen molar-refractivity contribution in [1.82, 2.24) is 24.4 Å². The molecule has 3 unspecified atom stereocenters. The highest BCUT2D eigenvalue weighted by molar-refractivity contribution is 7.92. The molecule has 2 N–H and O–H groups in total. The Labute approximate surface area is 247 Å². The maximum Gasteiger partial charge on any atom is 0.278 e. The molecule has 2 aliphatic rings. The number of nitrogens with zero attached hydrogens (tertiary/aromatic N) is 5. The van der Waals surface area contributed by atoms with Gasteiger partial charge in [0.25, 0.3) is 5.56 Å². The molecule has 2 aliphatic carbocycles. The lowest BCUT2D eigenvalue weighted by Crippen LogP contribution is -2.44. The third kappa shape index (κ3) is 6.77. The molecule has 2 saturated carbocycles. The Hall–Kier alpha value is -3.33. The van der Waals surface area contributed by atoms with Gasteiger partial charge in [0.05, 0.1) is 17.6 Å². The summed E-state index contributed by atoms with van der Waals surface area (Å²) in [7, 11) is -0.356. The number of rotatable bonds is 9. The monoisotopic (exact) mass is 625 g/mol. The molecule has 3 aromatic rings. The highest BCUT2D eigenvalue weighted by atomic mass is 32.2. The van der Waals surface area contributed by atoms with Gasteiger partial charge in [0.15, 0.2) is 5.65 Å². The van der Waals surface area contributed by atoms with Crippen molar-refractivity contribution >= 4 is 32.8 Å². The van der Waals surface area contributed by atoms with E-state index in [0.29, 0.717) is 12.8 Å². The maximum atomic E-state index is 15.1. The highest BCUT2D eigenvalue weighted by Crippen LogP contribution is 2.43. The molecule has 2 fully saturated rings. The summed E-state index contributed by atoms with van der Waals surface area (Å²) in [5.41, 5.74) is -0.357. The van der Waals surface area contributed by atoms with E-state index in [1.807, 2.05) is 19.0 Å². The quantitative estimate of drug-likeness (QED) is 0.331. The predicted molar refractivity (Wildman–Crippen MR) is 156 cm³/mol. The molecule has 0 saturated heterocycles. The van der Waals surface area contributed by atoms with Crippen LogP contribution in [0.1, 0.15) is 52.0 Å². The standard InChI is InChI=1S/C28H35F4N7O3S/c1-15(2)39-25-22(13-33-27(36-25)34-18-6-8-23(38(3)4)20(30)10-18)35-24(26(39)40)17-5-7-21(19(29)9-17)37-43(41,42)14-16-11-28(31,32)12-16/h5,7,9,13,15-16,18,20,23,37H,6,8,10-12,14H2,1-4H3,(H,33,34,36). The first kappa shape index (κ1) is 31.1. The Morgan fingerprint density at radius 3 is 2.49 bits per heavy atom. The number of nitrogens with one attached hydrogen (secondary N) is 2. The third-order valence-corrected chi connectivity index (χ3v) is 9.46. The van der Waals surface area contributed by atoms with Gasteiger partial charge in [0.2, 0.25) is 21.9 Å². The molecule has 2 aromatic heterocycles. The van der Waals surface area contributed by atoms with Crippen molar-refractivity contribution in [2.75, 3.05) is 29.9 Å². The number of halogens is 4. The van der Waals surface area contributed by atoms with Crippen LogP contribution in [-0.4, -0.2) is 76.9 Å².